The maximum Gasteiger partial charge on any atom is 0.141 e. The topological polar surface area (TPSA) is 48.1 Å². The van der Waals surface area contributed by atoms with Crippen LogP contribution in [0.1, 0.15) is 17.2 Å². The average Bonchev–Trinajstić information content (AvgIpc) is 2.40. The van der Waals surface area contributed by atoms with Crippen molar-refractivity contribution in [2.45, 2.75) is 12.5 Å². The molecule has 17 heavy (non-hydrogen) atoms. The van der Waals surface area contributed by atoms with Crippen LogP contribution < -0.4 is 10.5 Å². The van der Waals surface area contributed by atoms with E-state index in [1.165, 1.54) is 5.56 Å². The molecule has 0 fully saturated rings. The molecule has 0 saturated heterocycles. The van der Waals surface area contributed by atoms with Crippen molar-refractivity contribution in [2.24, 2.45) is 5.73 Å². The van der Waals surface area contributed by atoms with E-state index in [2.05, 4.69) is 17.1 Å². The van der Waals surface area contributed by atoms with Crippen LogP contribution in [0.3, 0.4) is 0 Å². The first kappa shape index (κ1) is 11.6. The average molecular weight is 228 g/mol. The first-order valence-corrected chi connectivity index (χ1v) is 5.58. The SMILES string of the molecule is COc1cnccc1C(N)Cc1ccccc1. The maximum absolute atomic E-state index is 6.20. The van der Waals surface area contributed by atoms with E-state index in [1.54, 1.807) is 19.5 Å². The predicted molar refractivity (Wildman–Crippen MR) is 67.9 cm³/mol. The normalized spacial score (nSPS) is 12.1. The standard InChI is InChI=1S/C14H16N2O/c1-17-14-10-16-8-7-12(14)13(15)9-11-5-3-2-4-6-11/h2-8,10,13H,9,15H2,1H3. The number of aromatic nitrogens is 1. The Morgan fingerprint density at radius 2 is 2.00 bits per heavy atom. The van der Waals surface area contributed by atoms with Gasteiger partial charge in [0.15, 0.2) is 0 Å². The molecule has 0 saturated carbocycles. The Morgan fingerprint density at radius 1 is 1.24 bits per heavy atom. The maximum atomic E-state index is 6.20. The van der Waals surface area contributed by atoms with Crippen LogP contribution in [0.2, 0.25) is 0 Å². The van der Waals surface area contributed by atoms with Gasteiger partial charge in [0.1, 0.15) is 5.75 Å². The molecule has 0 radical (unpaired) electrons. The van der Waals surface area contributed by atoms with Gasteiger partial charge in [-0.25, -0.2) is 0 Å². The minimum Gasteiger partial charge on any atom is -0.495 e. The van der Waals surface area contributed by atoms with Crippen molar-refractivity contribution in [1.82, 2.24) is 4.98 Å². The first-order valence-electron chi connectivity index (χ1n) is 5.58. The Morgan fingerprint density at radius 3 is 2.71 bits per heavy atom. The number of methoxy groups -OCH3 is 1. The van der Waals surface area contributed by atoms with E-state index in [4.69, 9.17) is 10.5 Å². The third-order valence-corrected chi connectivity index (χ3v) is 2.73. The largest absolute Gasteiger partial charge is 0.495 e. The fourth-order valence-corrected chi connectivity index (χ4v) is 1.85. The Hall–Kier alpha value is -1.87. The lowest BCUT2D eigenvalue weighted by Gasteiger charge is -2.15. The number of pyridine rings is 1. The van der Waals surface area contributed by atoms with E-state index in [0.717, 1.165) is 17.7 Å². The molecule has 0 aliphatic carbocycles. The van der Waals surface area contributed by atoms with Gasteiger partial charge in [0.05, 0.1) is 13.3 Å². The van der Waals surface area contributed by atoms with Crippen molar-refractivity contribution in [3.63, 3.8) is 0 Å². The highest BCUT2D eigenvalue weighted by molar-refractivity contribution is 5.33. The molecule has 2 aromatic rings. The highest BCUT2D eigenvalue weighted by Crippen LogP contribution is 2.24. The molecule has 88 valence electrons. The number of hydrogen-bond donors (Lipinski definition) is 1. The summed E-state index contributed by atoms with van der Waals surface area (Å²) in [5.41, 5.74) is 8.41. The molecule has 1 aromatic carbocycles. The Bertz CT molecular complexity index is 471. The molecule has 2 rings (SSSR count). The van der Waals surface area contributed by atoms with Crippen LogP contribution in [0.4, 0.5) is 0 Å². The molecule has 3 heteroatoms. The molecule has 1 aromatic heterocycles. The molecular formula is C14H16N2O. The second-order valence-electron chi connectivity index (χ2n) is 3.91. The summed E-state index contributed by atoms with van der Waals surface area (Å²) in [6.45, 7) is 0. The lowest BCUT2D eigenvalue weighted by atomic mass is 10.00. The van der Waals surface area contributed by atoms with Crippen LogP contribution in [-0.4, -0.2) is 12.1 Å². The Balaban J connectivity index is 2.17. The molecule has 0 bridgehead atoms. The molecule has 0 amide bonds. The van der Waals surface area contributed by atoms with Gasteiger partial charge in [0, 0.05) is 17.8 Å². The van der Waals surface area contributed by atoms with Gasteiger partial charge >= 0.3 is 0 Å². The van der Waals surface area contributed by atoms with Gasteiger partial charge in [-0.1, -0.05) is 30.3 Å². The van der Waals surface area contributed by atoms with Crippen molar-refractivity contribution in [3.05, 3.63) is 59.9 Å². The van der Waals surface area contributed by atoms with Gasteiger partial charge < -0.3 is 10.5 Å². The van der Waals surface area contributed by atoms with Gasteiger partial charge in [0.25, 0.3) is 0 Å². The number of ether oxygens (including phenoxy) is 1. The van der Waals surface area contributed by atoms with Crippen molar-refractivity contribution >= 4 is 0 Å². The summed E-state index contributed by atoms with van der Waals surface area (Å²) in [5.74, 6) is 0.746. The van der Waals surface area contributed by atoms with Gasteiger partial charge in [-0.15, -0.1) is 0 Å². The molecule has 3 nitrogen and oxygen atoms in total. The van der Waals surface area contributed by atoms with E-state index in [-0.39, 0.29) is 6.04 Å². The zero-order chi connectivity index (χ0) is 12.1. The fraction of sp³-hybridized carbons (Fsp3) is 0.214. The van der Waals surface area contributed by atoms with E-state index < -0.39 is 0 Å². The van der Waals surface area contributed by atoms with E-state index in [1.807, 2.05) is 24.3 Å². The summed E-state index contributed by atoms with van der Waals surface area (Å²) in [7, 11) is 1.63. The van der Waals surface area contributed by atoms with Crippen molar-refractivity contribution in [3.8, 4) is 5.75 Å². The minimum atomic E-state index is -0.0738. The zero-order valence-electron chi connectivity index (χ0n) is 9.84. The zero-order valence-corrected chi connectivity index (χ0v) is 9.84. The molecule has 2 N–H and O–H groups in total. The molecule has 0 spiro atoms. The molecule has 1 unspecified atom stereocenters. The first-order chi connectivity index (χ1) is 8.31. The van der Waals surface area contributed by atoms with Crippen LogP contribution in [0.5, 0.6) is 5.75 Å². The summed E-state index contributed by atoms with van der Waals surface area (Å²) in [5, 5.41) is 0. The third kappa shape index (κ3) is 2.82. The second kappa shape index (κ2) is 5.46. The molecule has 0 aliphatic heterocycles. The van der Waals surface area contributed by atoms with E-state index >= 15 is 0 Å². The summed E-state index contributed by atoms with van der Waals surface area (Å²) in [6.07, 6.45) is 4.23. The van der Waals surface area contributed by atoms with Crippen LogP contribution in [0.15, 0.2) is 48.8 Å². The smallest absolute Gasteiger partial charge is 0.141 e. The lowest BCUT2D eigenvalue weighted by Crippen LogP contribution is -2.14. The highest BCUT2D eigenvalue weighted by atomic mass is 16.5. The molecule has 1 atom stereocenters. The van der Waals surface area contributed by atoms with Crippen LogP contribution in [-0.2, 0) is 6.42 Å². The minimum absolute atomic E-state index is 0.0738. The number of hydrogen-bond acceptors (Lipinski definition) is 3. The third-order valence-electron chi connectivity index (χ3n) is 2.73. The number of nitrogens with two attached hydrogens (primary N) is 1. The Labute approximate surface area is 101 Å². The monoisotopic (exact) mass is 228 g/mol. The van der Waals surface area contributed by atoms with Gasteiger partial charge in [-0.2, -0.15) is 0 Å². The summed E-state index contributed by atoms with van der Waals surface area (Å²) >= 11 is 0. The predicted octanol–water partition coefficient (Wildman–Crippen LogP) is 2.33. The van der Waals surface area contributed by atoms with Crippen LogP contribution in [0.25, 0.3) is 0 Å². The van der Waals surface area contributed by atoms with E-state index in [9.17, 15) is 0 Å². The van der Waals surface area contributed by atoms with Gasteiger partial charge in [0.2, 0.25) is 0 Å². The second-order valence-corrected chi connectivity index (χ2v) is 3.91. The van der Waals surface area contributed by atoms with Crippen molar-refractivity contribution in [1.29, 1.82) is 0 Å². The quantitative estimate of drug-likeness (QED) is 0.873. The van der Waals surface area contributed by atoms with Gasteiger partial charge in [-0.05, 0) is 18.1 Å². The van der Waals surface area contributed by atoms with Crippen LogP contribution >= 0.6 is 0 Å². The molecule has 0 aliphatic rings. The molecule has 1 heterocycles. The van der Waals surface area contributed by atoms with Crippen molar-refractivity contribution < 1.29 is 4.74 Å². The highest BCUT2D eigenvalue weighted by Gasteiger charge is 2.12. The Kier molecular flexibility index (Phi) is 3.73. The van der Waals surface area contributed by atoms with E-state index in [0.29, 0.717) is 0 Å². The van der Waals surface area contributed by atoms with Crippen molar-refractivity contribution in [2.75, 3.05) is 7.11 Å². The number of benzene rings is 1. The van der Waals surface area contributed by atoms with Crippen LogP contribution in [0, 0.1) is 0 Å². The summed E-state index contributed by atoms with van der Waals surface area (Å²) in [4.78, 5) is 4.03. The number of nitrogens with zero attached hydrogens (tertiary/aromatic N) is 1. The summed E-state index contributed by atoms with van der Waals surface area (Å²) < 4.78 is 5.26. The van der Waals surface area contributed by atoms with Gasteiger partial charge in [-0.3, -0.25) is 4.98 Å². The fourth-order valence-electron chi connectivity index (χ4n) is 1.85. The summed E-state index contributed by atoms with van der Waals surface area (Å²) in [6, 6.07) is 12.0. The number of rotatable bonds is 4. The molecular weight excluding hydrogens is 212 g/mol. The lowest BCUT2D eigenvalue weighted by molar-refractivity contribution is 0.403.